The third-order valence-corrected chi connectivity index (χ3v) is 19.3. The van der Waals surface area contributed by atoms with Gasteiger partial charge in [-0.15, -0.1) is 5.06 Å². The van der Waals surface area contributed by atoms with Gasteiger partial charge in [0.05, 0.1) is 72.0 Å². The summed E-state index contributed by atoms with van der Waals surface area (Å²) in [4.78, 5) is 139. The Kier molecular flexibility index (Phi) is 27.6. The van der Waals surface area contributed by atoms with Gasteiger partial charge < -0.3 is 69.8 Å². The van der Waals surface area contributed by atoms with E-state index in [1.54, 1.807) is 52.8 Å². The van der Waals surface area contributed by atoms with Crippen LogP contribution in [0.5, 0.6) is 0 Å². The van der Waals surface area contributed by atoms with Crippen LogP contribution in [0.2, 0.25) is 5.02 Å². The lowest BCUT2D eigenvalue weighted by molar-refractivity contribution is -0.198. The molecule has 4 aliphatic rings. The van der Waals surface area contributed by atoms with Crippen molar-refractivity contribution >= 4 is 104 Å². The fraction of sp³-hybridized carbons (Fsp3) is 0.585. The van der Waals surface area contributed by atoms with Crippen LogP contribution in [0.3, 0.4) is 0 Å². The highest BCUT2D eigenvalue weighted by Crippen LogP contribution is 2.49. The average molecular weight is 1400 g/mol. The number of carbonyl (C=O) groups is 10. The zero-order valence-electron chi connectivity index (χ0n) is 55.9. The molecule has 3 saturated heterocycles. The number of fused-ring (bicyclic) bond motifs is 5. The number of benzene rings is 2. The van der Waals surface area contributed by atoms with Crippen LogP contribution in [-0.2, 0) is 89.5 Å². The van der Waals surface area contributed by atoms with Gasteiger partial charge in [0.25, 0.3) is 17.7 Å². The van der Waals surface area contributed by atoms with Crippen LogP contribution >= 0.6 is 23.8 Å². The second-order valence-corrected chi connectivity index (χ2v) is 27.9. The van der Waals surface area contributed by atoms with Crippen LogP contribution < -0.4 is 31.9 Å². The molecule has 0 aliphatic carbocycles. The zero-order chi connectivity index (χ0) is 71.1. The number of nitrogens with two attached hydrogens (primary N) is 1. The Morgan fingerprint density at radius 1 is 0.969 bits per heavy atom. The monoisotopic (exact) mass is 1400 g/mol. The predicted molar refractivity (Wildman–Crippen MR) is 352 cm³/mol. The predicted octanol–water partition coefficient (Wildman–Crippen LogP) is 4.19. The Balaban J connectivity index is 1.13. The Labute approximate surface area is 569 Å². The number of nitrogens with zero attached hydrogens (tertiary/aromatic N) is 3. The number of hydrogen-bond donors (Lipinski definition) is 6. The number of aliphatic hydroxyl groups is 1. The first-order valence-electron chi connectivity index (χ1n) is 31.6. The lowest BCUT2D eigenvalue weighted by Gasteiger charge is -2.42. The molecule has 0 aromatic heterocycles. The van der Waals surface area contributed by atoms with Crippen LogP contribution in [0.4, 0.5) is 15.3 Å². The van der Waals surface area contributed by atoms with Crippen LogP contribution in [0.25, 0.3) is 0 Å². The molecule has 2 aromatic carbocycles. The molecule has 96 heavy (non-hydrogen) atoms. The normalized spacial score (nSPS) is 24.0. The largest absolute Gasteiger partial charge is 0.457 e. The number of hydroxylamine groups is 2. The minimum atomic E-state index is -4.20. The standard InChI is InChI=1S/C65H89ClN8O20S2/c1-36(2)44(33-52(95)68-23-25-90-27-26-89-24-21-56(79)94-74-53(76)19-20-54(74)77)59(80)70-45(15-13-22-69-62(67)83)47(75)31-42-17-18-43(32-49(42)96(11,86)87)60(81)72(8)40(6)61(82)92-51-34-55(78)73(9)46-30-41(29-38(4)57(46)66)28-37(3)14-12-16-50(88-10)65(85)35-48(91-63(84)71-65)39(5)58-64(51,7)93-58/h12,14,16-18,29-30,32,36,39-40,44-45,48,50-51,58,85H,13,15,19-28,31,33-35H2,1-11H3,(H,68,95)(H,70,80)(H,71,84)(H3,67,69,83)/b16-12+,37-14+/t39-,40+,44+,45+,48+,50-,51+,58+,64+,65+/m1/s1. The van der Waals surface area contributed by atoms with Gasteiger partial charge in [0.2, 0.25) is 11.8 Å². The summed E-state index contributed by atoms with van der Waals surface area (Å²) in [6, 6.07) is 3.93. The molecule has 0 radical (unpaired) electrons. The molecule has 3 fully saturated rings. The van der Waals surface area contributed by atoms with E-state index in [0.717, 1.165) is 28.4 Å². The molecule has 28 nitrogen and oxygen atoms in total. The molecule has 0 saturated carbocycles. The lowest BCUT2D eigenvalue weighted by Crippen LogP contribution is -2.63. The number of likely N-dealkylation sites (N-methyl/N-ethyl adjacent to an activating group) is 1. The molecule has 4 heterocycles. The number of Topliss-reactive ketones (excluding diaryl/α,β-unsaturated/α-hetero) is 1. The molecule has 10 atom stereocenters. The molecular formula is C65H89ClN8O20S2. The first-order valence-corrected chi connectivity index (χ1v) is 34.2. The van der Waals surface area contributed by atoms with E-state index in [-0.39, 0.29) is 106 Å². The minimum Gasteiger partial charge on any atom is -0.457 e. The number of amides is 8. The molecule has 0 spiro atoms. The van der Waals surface area contributed by atoms with Crippen molar-refractivity contribution in [3.8, 4) is 0 Å². The number of imide groups is 1. The molecule has 528 valence electrons. The summed E-state index contributed by atoms with van der Waals surface area (Å²) in [5, 5.41) is 23.5. The molecule has 6 rings (SSSR count). The number of halogens is 1. The molecule has 7 N–H and O–H groups in total. The van der Waals surface area contributed by atoms with Crippen molar-refractivity contribution in [1.29, 1.82) is 0 Å². The molecule has 8 amide bonds. The van der Waals surface area contributed by atoms with Crippen LogP contribution in [0.15, 0.2) is 59.0 Å². The van der Waals surface area contributed by atoms with Gasteiger partial charge in [0, 0.05) is 90.1 Å². The van der Waals surface area contributed by atoms with Crippen molar-refractivity contribution in [2.24, 2.45) is 23.5 Å². The van der Waals surface area contributed by atoms with Crippen molar-refractivity contribution in [2.45, 2.75) is 165 Å². The highest BCUT2D eigenvalue weighted by Gasteiger charge is 2.64. The van der Waals surface area contributed by atoms with E-state index in [9.17, 15) is 61.5 Å². The number of rotatable bonds is 28. The third kappa shape index (κ3) is 20.8. The lowest BCUT2D eigenvalue weighted by atomic mass is 9.83. The van der Waals surface area contributed by atoms with Crippen molar-refractivity contribution in [1.82, 2.24) is 31.2 Å². The van der Waals surface area contributed by atoms with E-state index < -0.39 is 142 Å². The van der Waals surface area contributed by atoms with Crippen molar-refractivity contribution in [3.05, 3.63) is 81.4 Å². The topological polar surface area (TPSA) is 377 Å². The van der Waals surface area contributed by atoms with Crippen molar-refractivity contribution < 1.29 is 94.7 Å². The molecule has 4 aliphatic heterocycles. The summed E-state index contributed by atoms with van der Waals surface area (Å²) in [5.41, 5.74) is 4.52. The number of alkyl carbamates (subject to hydrolysis) is 1. The number of epoxide rings is 1. The van der Waals surface area contributed by atoms with E-state index in [1.807, 2.05) is 19.1 Å². The van der Waals surface area contributed by atoms with E-state index in [4.69, 9.17) is 62.8 Å². The van der Waals surface area contributed by atoms with Crippen LogP contribution in [-0.4, -0.2) is 203 Å². The van der Waals surface area contributed by atoms with Gasteiger partial charge in [-0.3, -0.25) is 34.1 Å². The number of anilines is 1. The third-order valence-electron chi connectivity index (χ3n) is 17.3. The number of ether oxygens (including phenoxy) is 6. The maximum atomic E-state index is 14.5. The van der Waals surface area contributed by atoms with E-state index in [0.29, 0.717) is 32.7 Å². The number of ketones is 1. The number of hydrogen-bond acceptors (Lipinski definition) is 21. The van der Waals surface area contributed by atoms with E-state index in [2.05, 4.69) is 21.3 Å². The number of primary amides is 1. The van der Waals surface area contributed by atoms with E-state index >= 15 is 0 Å². The van der Waals surface area contributed by atoms with Crippen LogP contribution in [0, 0.1) is 24.7 Å². The number of allylic oxidation sites excluding steroid dienone is 3. The minimum absolute atomic E-state index is 0.00467. The number of nitrogens with one attached hydrogen (secondary N) is 4. The Morgan fingerprint density at radius 3 is 2.29 bits per heavy atom. The second kappa shape index (κ2) is 34.2. The summed E-state index contributed by atoms with van der Waals surface area (Å²) in [7, 11) is 0.0199. The number of aryl methyl sites for hydroxylation is 1. The van der Waals surface area contributed by atoms with Crippen molar-refractivity contribution in [3.63, 3.8) is 0 Å². The Hall–Kier alpha value is -7.45. The molecular weight excluding hydrogens is 1310 g/mol. The van der Waals surface area contributed by atoms with Crippen molar-refractivity contribution in [2.75, 3.05) is 71.9 Å². The number of methoxy groups -OCH3 is 1. The number of carbonyl (C=O) groups excluding carboxylic acids is 10. The molecule has 2 aromatic rings. The highest BCUT2D eigenvalue weighted by molar-refractivity contribution is 7.90. The smallest absolute Gasteiger partial charge is 0.409 e. The van der Waals surface area contributed by atoms with Gasteiger partial charge >= 0.3 is 24.1 Å². The first-order chi connectivity index (χ1) is 45.1. The average Bonchev–Trinajstić information content (AvgIpc) is 1.56. The molecule has 31 heteroatoms. The Morgan fingerprint density at radius 2 is 1.65 bits per heavy atom. The van der Waals surface area contributed by atoms with Gasteiger partial charge in [-0.2, -0.15) is 0 Å². The summed E-state index contributed by atoms with van der Waals surface area (Å²) in [6.45, 7) is 12.8. The Bertz CT molecular complexity index is 3440. The summed E-state index contributed by atoms with van der Waals surface area (Å²) >= 11 is 12.5. The van der Waals surface area contributed by atoms with E-state index in [1.165, 1.54) is 45.2 Å². The van der Waals surface area contributed by atoms with Gasteiger partial charge in [-0.05, 0) is 87.8 Å². The fourth-order valence-electron chi connectivity index (χ4n) is 11.5. The second-order valence-electron chi connectivity index (χ2n) is 25.1. The quantitative estimate of drug-likeness (QED) is 0.0229. The van der Waals surface area contributed by atoms with Gasteiger partial charge in [-0.25, -0.2) is 27.6 Å². The fourth-order valence-corrected chi connectivity index (χ4v) is 12.9. The van der Waals surface area contributed by atoms with Gasteiger partial charge in [-0.1, -0.05) is 80.5 Å². The first kappa shape index (κ1) is 77.6. The zero-order valence-corrected chi connectivity index (χ0v) is 58.3. The highest BCUT2D eigenvalue weighted by atomic mass is 35.5. The molecule has 0 unspecified atom stereocenters. The summed E-state index contributed by atoms with van der Waals surface area (Å²) in [6.07, 6.45) is 0.234. The maximum absolute atomic E-state index is 14.5. The number of esters is 1. The molecule has 4 bridgehead atoms. The number of thiocarbonyl (C=S) groups is 1. The maximum Gasteiger partial charge on any atom is 0.409 e. The van der Waals surface area contributed by atoms with Gasteiger partial charge in [0.1, 0.15) is 30.0 Å². The SMILES string of the molecule is CO[C@@H]1/C=C/C=C(\C)Cc2cc(C)c(Cl)c(c2)N(C)C(=O)C[C@H](OC(=O)[C@H](C)N(C)C(=O)c2ccc(CC(=O)[C@H](CCCNC(N)=O)NC(=O)[C@@H](CC(=S)NCCOCCOCCC(=O)ON3C(=O)CCC3=O)C(C)C)c(S(C)(=O)=O)c2)[C@]2(C)O[C@H]2[C@H](C)[C@@H]2C[C@@]1(O)NC(=O)O2. The van der Waals surface area contributed by atoms with Gasteiger partial charge in [0.15, 0.2) is 21.3 Å². The summed E-state index contributed by atoms with van der Waals surface area (Å²) in [5.74, 6) is -7.16. The number of urea groups is 1. The number of sulfone groups is 1. The summed E-state index contributed by atoms with van der Waals surface area (Å²) < 4.78 is 62.1. The van der Waals surface area contributed by atoms with Crippen LogP contribution in [0.1, 0.15) is 120 Å².